The van der Waals surface area contributed by atoms with Crippen molar-refractivity contribution in [3.8, 4) is 11.1 Å². The fraction of sp³-hybridized carbons (Fsp3) is 0.350. The van der Waals surface area contributed by atoms with E-state index in [1.807, 2.05) is 35.2 Å². The quantitative estimate of drug-likeness (QED) is 0.155. The average Bonchev–Trinajstić information content (AvgIpc) is 3.65. The highest BCUT2D eigenvalue weighted by molar-refractivity contribution is 5.89. The van der Waals surface area contributed by atoms with Crippen LogP contribution in [0.3, 0.4) is 0 Å². The Labute approximate surface area is 292 Å². The van der Waals surface area contributed by atoms with Crippen molar-refractivity contribution in [2.45, 2.75) is 76.4 Å². The Hall–Kier alpha value is -4.67. The Morgan fingerprint density at radius 3 is 1.78 bits per heavy atom. The number of aliphatic carboxylic acids is 1. The molecule has 2 fully saturated rings. The largest absolute Gasteiger partial charge is 0.490 e. The van der Waals surface area contributed by atoms with Gasteiger partial charge in [0.25, 0.3) is 0 Å². The normalized spacial score (nSPS) is 15.6. The summed E-state index contributed by atoms with van der Waals surface area (Å²) in [6, 6.07) is 39.0. The van der Waals surface area contributed by atoms with Crippen molar-refractivity contribution in [3.05, 3.63) is 126 Å². The van der Waals surface area contributed by atoms with Gasteiger partial charge in [0.1, 0.15) is 0 Å². The Morgan fingerprint density at radius 1 is 0.720 bits per heavy atom. The van der Waals surface area contributed by atoms with E-state index in [2.05, 4.69) is 94.4 Å². The molecular formula is C40H45F3N4O3. The fourth-order valence-electron chi connectivity index (χ4n) is 6.52. The van der Waals surface area contributed by atoms with Gasteiger partial charge in [-0.15, -0.1) is 0 Å². The van der Waals surface area contributed by atoms with E-state index < -0.39 is 12.1 Å². The van der Waals surface area contributed by atoms with Gasteiger partial charge in [0.2, 0.25) is 0 Å². The maximum Gasteiger partial charge on any atom is 0.490 e. The van der Waals surface area contributed by atoms with Gasteiger partial charge in [0, 0.05) is 50.5 Å². The van der Waals surface area contributed by atoms with Gasteiger partial charge in [-0.3, -0.25) is 4.90 Å². The van der Waals surface area contributed by atoms with E-state index >= 15 is 0 Å². The predicted octanol–water partition coefficient (Wildman–Crippen LogP) is 8.72. The molecule has 1 saturated heterocycles. The molecule has 0 spiro atoms. The number of nitrogens with one attached hydrogen (secondary N) is 2. The number of anilines is 1. The van der Waals surface area contributed by atoms with E-state index in [0.29, 0.717) is 12.6 Å². The Kier molecular flexibility index (Phi) is 13.1. The second-order valence-electron chi connectivity index (χ2n) is 13.0. The number of benzene rings is 4. The van der Waals surface area contributed by atoms with Crippen LogP contribution in [0.4, 0.5) is 23.7 Å². The van der Waals surface area contributed by atoms with Gasteiger partial charge in [-0.25, -0.2) is 9.59 Å². The van der Waals surface area contributed by atoms with Crippen molar-refractivity contribution in [2.24, 2.45) is 0 Å². The van der Waals surface area contributed by atoms with Gasteiger partial charge in [-0.1, -0.05) is 110 Å². The topological polar surface area (TPSA) is 84.9 Å². The number of urea groups is 1. The number of hydrogen-bond donors (Lipinski definition) is 3. The van der Waals surface area contributed by atoms with E-state index in [1.54, 1.807) is 0 Å². The van der Waals surface area contributed by atoms with E-state index in [0.717, 1.165) is 50.3 Å². The zero-order valence-electron chi connectivity index (χ0n) is 28.1. The summed E-state index contributed by atoms with van der Waals surface area (Å²) >= 11 is 0. The van der Waals surface area contributed by atoms with Crippen LogP contribution in [-0.2, 0) is 24.4 Å². The van der Waals surface area contributed by atoms with Crippen LogP contribution in [-0.4, -0.2) is 58.3 Å². The molecule has 3 N–H and O–H groups in total. The minimum atomic E-state index is -5.08. The maximum absolute atomic E-state index is 13.6. The van der Waals surface area contributed by atoms with Crippen molar-refractivity contribution in [3.63, 3.8) is 0 Å². The molecule has 2 amide bonds. The number of carbonyl (C=O) groups is 2. The third-order valence-electron chi connectivity index (χ3n) is 9.32. The van der Waals surface area contributed by atoms with Crippen LogP contribution in [0.1, 0.15) is 55.2 Å². The Bertz CT molecular complexity index is 1620. The van der Waals surface area contributed by atoms with Crippen molar-refractivity contribution < 1.29 is 27.9 Å². The lowest BCUT2D eigenvalue weighted by molar-refractivity contribution is -0.192. The highest BCUT2D eigenvalue weighted by Gasteiger charge is 2.38. The first-order valence-electron chi connectivity index (χ1n) is 17.2. The smallest absolute Gasteiger partial charge is 0.475 e. The molecule has 0 bridgehead atoms. The highest BCUT2D eigenvalue weighted by atomic mass is 19.4. The molecule has 0 aromatic heterocycles. The second-order valence-corrected chi connectivity index (χ2v) is 13.0. The van der Waals surface area contributed by atoms with Gasteiger partial charge in [0.05, 0.1) is 0 Å². The molecule has 0 unspecified atom stereocenters. The van der Waals surface area contributed by atoms with Crippen LogP contribution in [0.15, 0.2) is 109 Å². The standard InChI is InChI=1S/C38H44N4O.C2HF3O2/c43-38(40-36-13-5-2-6-14-36)42(37-23-25-41(26-24-37)28-31-9-3-1-4-10-31)29-32-17-21-34(22-18-32)33-19-15-30(16-20-33)27-39-35-11-7-8-12-35;3-2(4,5)1(6)7/h1-6,9-10,13-22,35,37,39H,7-8,11-12,23-29H2,(H,40,43);(H,6,7). The number of likely N-dealkylation sites (tertiary alicyclic amines) is 1. The number of hydrogen-bond acceptors (Lipinski definition) is 4. The van der Waals surface area contributed by atoms with Gasteiger partial charge in [-0.05, 0) is 65.6 Å². The first-order chi connectivity index (χ1) is 24.1. The van der Waals surface area contributed by atoms with Crippen molar-refractivity contribution in [1.82, 2.24) is 15.1 Å². The zero-order chi connectivity index (χ0) is 35.3. The van der Waals surface area contributed by atoms with E-state index in [-0.39, 0.29) is 12.1 Å². The molecule has 4 aromatic carbocycles. The summed E-state index contributed by atoms with van der Waals surface area (Å²) in [5, 5.41) is 14.0. The second kappa shape index (κ2) is 17.8. The van der Waals surface area contributed by atoms with Crippen LogP contribution in [0.25, 0.3) is 11.1 Å². The number of carboxylic acid groups (broad SMARTS) is 1. The van der Waals surface area contributed by atoms with Crippen LogP contribution in [0, 0.1) is 0 Å². The molecule has 4 aromatic rings. The minimum absolute atomic E-state index is 0.0291. The van der Waals surface area contributed by atoms with Gasteiger partial charge in [-0.2, -0.15) is 13.2 Å². The van der Waals surface area contributed by atoms with Gasteiger partial charge in [0.15, 0.2) is 0 Å². The van der Waals surface area contributed by atoms with Gasteiger partial charge >= 0.3 is 18.2 Å². The summed E-state index contributed by atoms with van der Waals surface area (Å²) in [6.45, 7) is 4.47. The van der Waals surface area contributed by atoms with Crippen molar-refractivity contribution in [1.29, 1.82) is 0 Å². The summed E-state index contributed by atoms with van der Waals surface area (Å²) in [5.41, 5.74) is 7.08. The molecule has 1 saturated carbocycles. The lowest BCUT2D eigenvalue weighted by Gasteiger charge is -2.38. The van der Waals surface area contributed by atoms with Crippen LogP contribution in [0.5, 0.6) is 0 Å². The summed E-state index contributed by atoms with van der Waals surface area (Å²) in [4.78, 5) is 27.1. The Morgan fingerprint density at radius 2 is 1.24 bits per heavy atom. The van der Waals surface area contributed by atoms with Crippen molar-refractivity contribution in [2.75, 3.05) is 18.4 Å². The SMILES string of the molecule is O=C(Nc1ccccc1)N(Cc1ccc(-c2ccc(CNC3CCCC3)cc2)cc1)C1CCN(Cc2ccccc2)CC1.O=C(O)C(F)(F)F. The highest BCUT2D eigenvalue weighted by Crippen LogP contribution is 2.25. The van der Waals surface area contributed by atoms with Crippen LogP contribution >= 0.6 is 0 Å². The third kappa shape index (κ3) is 11.2. The minimum Gasteiger partial charge on any atom is -0.475 e. The number of halogens is 3. The van der Waals surface area contributed by atoms with Crippen LogP contribution in [0.2, 0.25) is 0 Å². The molecule has 7 nitrogen and oxygen atoms in total. The molecule has 50 heavy (non-hydrogen) atoms. The van der Waals surface area contributed by atoms with E-state index in [4.69, 9.17) is 9.90 Å². The molecule has 1 aliphatic carbocycles. The molecule has 264 valence electrons. The van der Waals surface area contributed by atoms with Crippen molar-refractivity contribution >= 4 is 17.7 Å². The molecule has 10 heteroatoms. The zero-order valence-corrected chi connectivity index (χ0v) is 28.1. The summed E-state index contributed by atoms with van der Waals surface area (Å²) in [5.74, 6) is -2.76. The Balaban J connectivity index is 0.000000630. The lowest BCUT2D eigenvalue weighted by Crippen LogP contribution is -2.48. The maximum atomic E-state index is 13.6. The number of rotatable bonds is 10. The number of piperidine rings is 1. The first kappa shape index (κ1) is 36.6. The molecule has 0 atom stereocenters. The number of amides is 2. The van der Waals surface area contributed by atoms with Crippen LogP contribution < -0.4 is 10.6 Å². The predicted molar refractivity (Wildman–Crippen MR) is 190 cm³/mol. The summed E-state index contributed by atoms with van der Waals surface area (Å²) < 4.78 is 31.7. The van der Waals surface area contributed by atoms with E-state index in [1.165, 1.54) is 47.9 Å². The number of carboxylic acids is 1. The first-order valence-corrected chi connectivity index (χ1v) is 17.2. The lowest BCUT2D eigenvalue weighted by atomic mass is 10.00. The monoisotopic (exact) mass is 686 g/mol. The number of alkyl halides is 3. The molecule has 2 aliphatic rings. The third-order valence-corrected chi connectivity index (χ3v) is 9.32. The average molecular weight is 687 g/mol. The molecular weight excluding hydrogens is 641 g/mol. The van der Waals surface area contributed by atoms with E-state index in [9.17, 15) is 18.0 Å². The summed E-state index contributed by atoms with van der Waals surface area (Å²) in [7, 11) is 0. The number of nitrogens with zero attached hydrogens (tertiary/aromatic N) is 2. The fourth-order valence-corrected chi connectivity index (χ4v) is 6.52. The van der Waals surface area contributed by atoms with Gasteiger partial charge < -0.3 is 20.6 Å². The summed E-state index contributed by atoms with van der Waals surface area (Å²) in [6.07, 6.45) is 2.18. The molecule has 1 heterocycles. The molecule has 6 rings (SSSR count). The number of carbonyl (C=O) groups excluding carboxylic acids is 1. The number of para-hydroxylation sites is 1. The molecule has 1 aliphatic heterocycles. The molecule has 0 radical (unpaired) electrons.